The van der Waals surface area contributed by atoms with Crippen molar-refractivity contribution in [1.29, 1.82) is 0 Å². The van der Waals surface area contributed by atoms with E-state index in [4.69, 9.17) is 0 Å². The maximum atomic E-state index is 12.7. The molecule has 0 saturated heterocycles. The summed E-state index contributed by atoms with van der Waals surface area (Å²) in [5, 5.41) is 10.7. The highest BCUT2D eigenvalue weighted by molar-refractivity contribution is 7.22. The van der Waals surface area contributed by atoms with Gasteiger partial charge in [-0.15, -0.1) is 0 Å². The minimum atomic E-state index is -0.358. The quantitative estimate of drug-likeness (QED) is 0.681. The SMILES string of the molecule is CC(C)CNC(=O)c1nn(C(C)(C)C)c2nc(NC(=O)c3ccccc3)sc12. The Morgan fingerprint density at radius 3 is 2.43 bits per heavy atom. The number of amides is 2. The second-order valence-electron chi connectivity index (χ2n) is 8.03. The number of anilines is 1. The molecule has 0 aliphatic heterocycles. The van der Waals surface area contributed by atoms with Gasteiger partial charge in [0.2, 0.25) is 0 Å². The molecule has 148 valence electrons. The van der Waals surface area contributed by atoms with Crippen molar-refractivity contribution < 1.29 is 9.59 Å². The summed E-state index contributed by atoms with van der Waals surface area (Å²) in [7, 11) is 0. The molecule has 3 aromatic rings. The van der Waals surface area contributed by atoms with Gasteiger partial charge < -0.3 is 5.32 Å². The molecule has 28 heavy (non-hydrogen) atoms. The van der Waals surface area contributed by atoms with E-state index in [0.29, 0.717) is 39.2 Å². The van der Waals surface area contributed by atoms with Gasteiger partial charge in [-0.1, -0.05) is 43.4 Å². The van der Waals surface area contributed by atoms with Crippen LogP contribution in [0.4, 0.5) is 5.13 Å². The topological polar surface area (TPSA) is 88.9 Å². The van der Waals surface area contributed by atoms with Gasteiger partial charge in [0.15, 0.2) is 16.5 Å². The maximum absolute atomic E-state index is 12.7. The molecular weight excluding hydrogens is 374 g/mol. The number of carbonyl (C=O) groups excluding carboxylic acids is 2. The summed E-state index contributed by atoms with van der Waals surface area (Å²) in [5.74, 6) is -0.129. The van der Waals surface area contributed by atoms with E-state index in [1.165, 1.54) is 11.3 Å². The van der Waals surface area contributed by atoms with E-state index in [1.54, 1.807) is 16.8 Å². The van der Waals surface area contributed by atoms with Crippen LogP contribution in [0.1, 0.15) is 55.5 Å². The second-order valence-corrected chi connectivity index (χ2v) is 9.03. The number of nitrogens with zero attached hydrogens (tertiary/aromatic N) is 3. The molecule has 7 nitrogen and oxygen atoms in total. The Morgan fingerprint density at radius 2 is 1.82 bits per heavy atom. The van der Waals surface area contributed by atoms with Crippen molar-refractivity contribution in [2.45, 2.75) is 40.2 Å². The van der Waals surface area contributed by atoms with E-state index in [9.17, 15) is 9.59 Å². The van der Waals surface area contributed by atoms with Gasteiger partial charge in [0.25, 0.3) is 11.8 Å². The molecule has 0 aliphatic rings. The molecule has 2 heterocycles. The standard InChI is InChI=1S/C20H25N5O2S/c1-12(2)11-21-18(27)14-15-16(25(24-14)20(3,4)5)22-19(28-15)23-17(26)13-9-7-6-8-10-13/h6-10,12H,11H2,1-5H3,(H,21,27)(H,22,23,26). The van der Waals surface area contributed by atoms with Crippen LogP contribution >= 0.6 is 11.3 Å². The van der Waals surface area contributed by atoms with Crippen molar-refractivity contribution in [3.05, 3.63) is 41.6 Å². The molecule has 0 spiro atoms. The third-order valence-electron chi connectivity index (χ3n) is 4.00. The monoisotopic (exact) mass is 399 g/mol. The summed E-state index contributed by atoms with van der Waals surface area (Å²) in [5.41, 5.74) is 1.12. The molecule has 0 unspecified atom stereocenters. The Labute approximate surface area is 168 Å². The molecule has 0 fully saturated rings. The fourth-order valence-electron chi connectivity index (χ4n) is 2.61. The molecule has 0 bridgehead atoms. The van der Waals surface area contributed by atoms with Crippen molar-refractivity contribution in [2.24, 2.45) is 5.92 Å². The summed E-state index contributed by atoms with van der Waals surface area (Å²) in [6, 6.07) is 8.95. The Bertz CT molecular complexity index is 999. The maximum Gasteiger partial charge on any atom is 0.273 e. The fourth-order valence-corrected chi connectivity index (χ4v) is 3.53. The average molecular weight is 400 g/mol. The van der Waals surface area contributed by atoms with Gasteiger partial charge in [0.05, 0.1) is 5.54 Å². The molecule has 8 heteroatoms. The van der Waals surface area contributed by atoms with E-state index in [1.807, 2.05) is 52.8 Å². The fraction of sp³-hybridized carbons (Fsp3) is 0.400. The molecule has 0 atom stereocenters. The lowest BCUT2D eigenvalue weighted by molar-refractivity contribution is 0.0943. The number of hydrogen-bond donors (Lipinski definition) is 2. The van der Waals surface area contributed by atoms with Crippen LogP contribution in [0.25, 0.3) is 10.3 Å². The molecule has 2 amide bonds. The molecule has 2 aromatic heterocycles. The Balaban J connectivity index is 1.96. The van der Waals surface area contributed by atoms with Crippen molar-refractivity contribution in [3.63, 3.8) is 0 Å². The first-order valence-corrected chi connectivity index (χ1v) is 10.0. The van der Waals surface area contributed by atoms with Gasteiger partial charge in [-0.2, -0.15) is 10.1 Å². The Kier molecular flexibility index (Phi) is 5.51. The number of rotatable bonds is 5. The zero-order chi connectivity index (χ0) is 20.5. The Morgan fingerprint density at radius 1 is 1.14 bits per heavy atom. The number of hydrogen-bond acceptors (Lipinski definition) is 5. The van der Waals surface area contributed by atoms with Crippen LogP contribution in [0.5, 0.6) is 0 Å². The van der Waals surface area contributed by atoms with Gasteiger partial charge in [-0.05, 0) is 38.8 Å². The van der Waals surface area contributed by atoms with Crippen LogP contribution in [0.3, 0.4) is 0 Å². The largest absolute Gasteiger partial charge is 0.350 e. The molecule has 1 aromatic carbocycles. The second kappa shape index (κ2) is 7.71. The third-order valence-corrected chi connectivity index (χ3v) is 4.97. The highest BCUT2D eigenvalue weighted by Gasteiger charge is 2.27. The van der Waals surface area contributed by atoms with Crippen LogP contribution in [0, 0.1) is 5.92 Å². The number of thiazole rings is 1. The van der Waals surface area contributed by atoms with E-state index in [2.05, 4.69) is 20.7 Å². The number of fused-ring (bicyclic) bond motifs is 1. The minimum absolute atomic E-state index is 0.230. The van der Waals surface area contributed by atoms with E-state index < -0.39 is 0 Å². The molecule has 0 saturated carbocycles. The smallest absolute Gasteiger partial charge is 0.273 e. The predicted octanol–water partition coefficient (Wildman–Crippen LogP) is 3.89. The van der Waals surface area contributed by atoms with Crippen molar-refractivity contribution in [3.8, 4) is 0 Å². The van der Waals surface area contributed by atoms with Crippen LogP contribution < -0.4 is 10.6 Å². The van der Waals surface area contributed by atoms with E-state index in [-0.39, 0.29) is 17.4 Å². The number of carbonyl (C=O) groups is 2. The average Bonchev–Trinajstić information content (AvgIpc) is 3.18. The van der Waals surface area contributed by atoms with E-state index >= 15 is 0 Å². The first-order valence-electron chi connectivity index (χ1n) is 9.21. The first kappa shape index (κ1) is 20.0. The van der Waals surface area contributed by atoms with Gasteiger partial charge in [0.1, 0.15) is 4.70 Å². The van der Waals surface area contributed by atoms with Crippen LogP contribution in [-0.4, -0.2) is 33.1 Å². The Hall–Kier alpha value is -2.74. The normalized spacial score (nSPS) is 11.8. The summed E-state index contributed by atoms with van der Waals surface area (Å²) in [6.45, 7) is 10.6. The summed E-state index contributed by atoms with van der Waals surface area (Å²) in [4.78, 5) is 29.7. The predicted molar refractivity (Wildman–Crippen MR) is 112 cm³/mol. The van der Waals surface area contributed by atoms with Gasteiger partial charge in [-0.25, -0.2) is 4.68 Å². The van der Waals surface area contributed by atoms with Crippen LogP contribution in [-0.2, 0) is 5.54 Å². The molecule has 3 rings (SSSR count). The van der Waals surface area contributed by atoms with Gasteiger partial charge in [0, 0.05) is 12.1 Å². The highest BCUT2D eigenvalue weighted by Crippen LogP contribution is 2.32. The lowest BCUT2D eigenvalue weighted by Gasteiger charge is -2.19. The zero-order valence-electron chi connectivity index (χ0n) is 16.7. The first-order chi connectivity index (χ1) is 13.2. The summed E-state index contributed by atoms with van der Waals surface area (Å²) < 4.78 is 2.40. The lowest BCUT2D eigenvalue weighted by Crippen LogP contribution is -2.29. The number of nitrogens with one attached hydrogen (secondary N) is 2. The summed E-state index contributed by atoms with van der Waals surface area (Å²) in [6.07, 6.45) is 0. The minimum Gasteiger partial charge on any atom is -0.350 e. The van der Waals surface area contributed by atoms with Crippen LogP contribution in [0.2, 0.25) is 0 Å². The lowest BCUT2D eigenvalue weighted by atomic mass is 10.1. The number of aromatic nitrogens is 3. The number of benzene rings is 1. The highest BCUT2D eigenvalue weighted by atomic mass is 32.1. The third kappa shape index (κ3) is 4.22. The van der Waals surface area contributed by atoms with Crippen molar-refractivity contribution >= 4 is 38.6 Å². The van der Waals surface area contributed by atoms with E-state index in [0.717, 1.165) is 0 Å². The van der Waals surface area contributed by atoms with Gasteiger partial charge >= 0.3 is 0 Å². The summed E-state index contributed by atoms with van der Waals surface area (Å²) >= 11 is 1.26. The molecule has 2 N–H and O–H groups in total. The van der Waals surface area contributed by atoms with Crippen LogP contribution in [0.15, 0.2) is 30.3 Å². The molecular formula is C20H25N5O2S. The zero-order valence-corrected chi connectivity index (χ0v) is 17.6. The molecule has 0 radical (unpaired) electrons. The van der Waals surface area contributed by atoms with Crippen molar-refractivity contribution in [1.82, 2.24) is 20.1 Å². The van der Waals surface area contributed by atoms with Gasteiger partial charge in [-0.3, -0.25) is 14.9 Å². The molecule has 0 aliphatic carbocycles. The van der Waals surface area contributed by atoms with Crippen molar-refractivity contribution in [2.75, 3.05) is 11.9 Å².